The van der Waals surface area contributed by atoms with Gasteiger partial charge in [0.05, 0.1) is 17.0 Å². The number of rotatable bonds is 4. The Bertz CT molecular complexity index is 983. The second-order valence-corrected chi connectivity index (χ2v) is 6.41. The van der Waals surface area contributed by atoms with Crippen molar-refractivity contribution in [2.45, 2.75) is 18.1 Å². The van der Waals surface area contributed by atoms with Crippen molar-refractivity contribution in [1.29, 1.82) is 0 Å². The van der Waals surface area contributed by atoms with Crippen LogP contribution in [0.5, 0.6) is 0 Å². The Hall–Kier alpha value is -2.94. The minimum absolute atomic E-state index is 0.208. The molecular weight excluding hydrogens is 342 g/mol. The highest BCUT2D eigenvalue weighted by Crippen LogP contribution is 2.34. The summed E-state index contributed by atoms with van der Waals surface area (Å²) in [6, 6.07) is 6.57. The molecule has 1 aliphatic heterocycles. The first kappa shape index (κ1) is 15.6. The Kier molecular flexibility index (Phi) is 4.06. The van der Waals surface area contributed by atoms with Gasteiger partial charge in [-0.3, -0.25) is 19.9 Å². The number of nitrogens with one attached hydrogen (secondary N) is 1. The fraction of sp³-hybridized carbons (Fsp3) is 0.188. The Morgan fingerprint density at radius 1 is 1.24 bits per heavy atom. The Balaban J connectivity index is 1.54. The summed E-state index contributed by atoms with van der Waals surface area (Å²) < 4.78 is 6.28. The number of hydrogen-bond donors (Lipinski definition) is 1. The van der Waals surface area contributed by atoms with E-state index in [9.17, 15) is 9.59 Å². The Labute approximate surface area is 146 Å². The topological polar surface area (TPSA) is 103 Å². The molecule has 3 aromatic heterocycles. The predicted octanol–water partition coefficient (Wildman–Crippen LogP) is 1.68. The zero-order chi connectivity index (χ0) is 17.2. The molecule has 126 valence electrons. The van der Waals surface area contributed by atoms with Gasteiger partial charge in [-0.05, 0) is 18.2 Å². The maximum atomic E-state index is 12.3. The van der Waals surface area contributed by atoms with Crippen molar-refractivity contribution < 1.29 is 9.32 Å². The van der Waals surface area contributed by atoms with Crippen molar-refractivity contribution in [2.75, 3.05) is 5.32 Å². The number of hydrogen-bond acceptors (Lipinski definition) is 7. The molecular formula is C16H13N5O3S. The van der Waals surface area contributed by atoms with Gasteiger partial charge < -0.3 is 4.52 Å². The molecule has 4 rings (SSSR count). The third-order valence-corrected chi connectivity index (χ3v) is 4.71. The fourth-order valence-corrected chi connectivity index (χ4v) is 3.52. The number of nitrogens with zero attached hydrogens (tertiary/aromatic N) is 4. The molecule has 25 heavy (non-hydrogen) atoms. The summed E-state index contributed by atoms with van der Waals surface area (Å²) >= 11 is 1.71. The number of carbonyl (C=O) groups is 1. The van der Waals surface area contributed by atoms with E-state index in [2.05, 4.69) is 20.6 Å². The average Bonchev–Trinajstić information content (AvgIpc) is 3.23. The van der Waals surface area contributed by atoms with Crippen LogP contribution in [0.4, 0.5) is 5.88 Å². The van der Waals surface area contributed by atoms with Gasteiger partial charge in [-0.25, -0.2) is 4.68 Å². The van der Waals surface area contributed by atoms with Crippen LogP contribution in [0.3, 0.4) is 0 Å². The van der Waals surface area contributed by atoms with Gasteiger partial charge in [0.15, 0.2) is 0 Å². The Morgan fingerprint density at radius 3 is 2.92 bits per heavy atom. The van der Waals surface area contributed by atoms with Crippen LogP contribution in [-0.4, -0.2) is 25.8 Å². The molecule has 0 aliphatic carbocycles. The number of anilines is 1. The minimum Gasteiger partial charge on any atom is -0.338 e. The van der Waals surface area contributed by atoms with Crippen molar-refractivity contribution in [3.63, 3.8) is 0 Å². The van der Waals surface area contributed by atoms with Gasteiger partial charge in [0.1, 0.15) is 6.54 Å². The smallest absolute Gasteiger partial charge is 0.267 e. The lowest BCUT2D eigenvalue weighted by atomic mass is 10.2. The van der Waals surface area contributed by atoms with E-state index in [-0.39, 0.29) is 12.1 Å². The van der Waals surface area contributed by atoms with Gasteiger partial charge in [-0.1, -0.05) is 5.16 Å². The molecule has 0 saturated carbocycles. The molecule has 0 atom stereocenters. The van der Waals surface area contributed by atoms with E-state index in [1.807, 2.05) is 0 Å². The van der Waals surface area contributed by atoms with E-state index in [0.717, 1.165) is 33.0 Å². The molecule has 0 saturated heterocycles. The van der Waals surface area contributed by atoms with Crippen molar-refractivity contribution in [2.24, 2.45) is 0 Å². The minimum atomic E-state index is -0.391. The summed E-state index contributed by atoms with van der Waals surface area (Å²) in [5, 5.41) is 10.8. The molecule has 0 bridgehead atoms. The van der Waals surface area contributed by atoms with Gasteiger partial charge >= 0.3 is 0 Å². The van der Waals surface area contributed by atoms with Crippen LogP contribution in [0.15, 0.2) is 46.0 Å². The SMILES string of the molecule is O=C(Cn1nc(-c2ccncc2)ccc1=O)Nc1onc2c1CSC2. The van der Waals surface area contributed by atoms with Gasteiger partial charge in [-0.15, -0.1) is 0 Å². The van der Waals surface area contributed by atoms with Crippen LogP contribution in [0.1, 0.15) is 11.3 Å². The summed E-state index contributed by atoms with van der Waals surface area (Å²) in [6.07, 6.45) is 3.28. The zero-order valence-corrected chi connectivity index (χ0v) is 13.8. The van der Waals surface area contributed by atoms with Crippen LogP contribution in [0.25, 0.3) is 11.3 Å². The number of amides is 1. The maximum Gasteiger partial charge on any atom is 0.267 e. The van der Waals surface area contributed by atoms with E-state index < -0.39 is 5.91 Å². The Morgan fingerprint density at radius 2 is 2.08 bits per heavy atom. The first-order valence-corrected chi connectivity index (χ1v) is 8.70. The normalized spacial score (nSPS) is 12.8. The second-order valence-electron chi connectivity index (χ2n) is 5.43. The summed E-state index contributed by atoms with van der Waals surface area (Å²) in [5.41, 5.74) is 2.81. The van der Waals surface area contributed by atoms with Crippen molar-refractivity contribution >= 4 is 23.6 Å². The standard InChI is InChI=1S/C16H13N5O3S/c22-14(18-16-11-8-25-9-13(11)20-24-16)7-21-15(23)2-1-12(19-21)10-3-5-17-6-4-10/h1-6H,7-9H2,(H,18,22). The number of pyridine rings is 1. The van der Waals surface area contributed by atoms with Crippen molar-refractivity contribution in [3.8, 4) is 11.3 Å². The van der Waals surface area contributed by atoms with Gasteiger partial charge in [-0.2, -0.15) is 16.9 Å². The van der Waals surface area contributed by atoms with E-state index in [1.54, 1.807) is 42.4 Å². The quantitative estimate of drug-likeness (QED) is 0.759. The highest BCUT2D eigenvalue weighted by molar-refractivity contribution is 7.98. The number of carbonyl (C=O) groups excluding carboxylic acids is 1. The van der Waals surface area contributed by atoms with Gasteiger partial charge in [0.2, 0.25) is 11.8 Å². The molecule has 1 amide bonds. The molecule has 1 N–H and O–H groups in total. The van der Waals surface area contributed by atoms with E-state index in [0.29, 0.717) is 11.6 Å². The third-order valence-electron chi connectivity index (χ3n) is 3.74. The molecule has 0 fully saturated rings. The van der Waals surface area contributed by atoms with Gasteiger partial charge in [0.25, 0.3) is 5.56 Å². The lowest BCUT2D eigenvalue weighted by Crippen LogP contribution is -2.29. The van der Waals surface area contributed by atoms with E-state index in [4.69, 9.17) is 4.52 Å². The van der Waals surface area contributed by atoms with Crippen LogP contribution >= 0.6 is 11.8 Å². The monoisotopic (exact) mass is 355 g/mol. The fourth-order valence-electron chi connectivity index (χ4n) is 2.49. The highest BCUT2D eigenvalue weighted by atomic mass is 32.2. The van der Waals surface area contributed by atoms with E-state index >= 15 is 0 Å². The van der Waals surface area contributed by atoms with Crippen LogP contribution < -0.4 is 10.9 Å². The van der Waals surface area contributed by atoms with Crippen molar-refractivity contribution in [3.05, 3.63) is 58.3 Å². The average molecular weight is 355 g/mol. The van der Waals surface area contributed by atoms with Crippen LogP contribution in [0, 0.1) is 0 Å². The zero-order valence-electron chi connectivity index (χ0n) is 13.0. The maximum absolute atomic E-state index is 12.3. The number of thioether (sulfide) groups is 1. The first-order valence-electron chi connectivity index (χ1n) is 7.54. The molecule has 0 spiro atoms. The largest absolute Gasteiger partial charge is 0.338 e. The van der Waals surface area contributed by atoms with Crippen molar-refractivity contribution in [1.82, 2.24) is 19.9 Å². The highest BCUT2D eigenvalue weighted by Gasteiger charge is 2.23. The molecule has 0 aromatic carbocycles. The summed E-state index contributed by atoms with van der Waals surface area (Å²) in [7, 11) is 0. The lowest BCUT2D eigenvalue weighted by Gasteiger charge is -2.07. The van der Waals surface area contributed by atoms with Crippen LogP contribution in [0.2, 0.25) is 0 Å². The summed E-state index contributed by atoms with van der Waals surface area (Å²) in [4.78, 5) is 28.2. The first-order chi connectivity index (χ1) is 12.2. The summed E-state index contributed by atoms with van der Waals surface area (Å²) in [6.45, 7) is -0.208. The van der Waals surface area contributed by atoms with Gasteiger partial charge in [0, 0.05) is 35.5 Å². The molecule has 3 aromatic rings. The lowest BCUT2D eigenvalue weighted by molar-refractivity contribution is -0.117. The predicted molar refractivity (Wildman–Crippen MR) is 91.9 cm³/mol. The van der Waals surface area contributed by atoms with E-state index in [1.165, 1.54) is 6.07 Å². The molecule has 9 heteroatoms. The second kappa shape index (κ2) is 6.52. The third kappa shape index (κ3) is 3.18. The summed E-state index contributed by atoms with van der Waals surface area (Å²) in [5.74, 6) is 1.49. The molecule has 0 unspecified atom stereocenters. The number of fused-ring (bicyclic) bond motifs is 1. The molecule has 1 aliphatic rings. The van der Waals surface area contributed by atoms with Crippen LogP contribution in [-0.2, 0) is 22.8 Å². The molecule has 8 nitrogen and oxygen atoms in total. The molecule has 0 radical (unpaired) electrons. The molecule has 4 heterocycles. The number of aromatic nitrogens is 4.